The third-order valence-electron chi connectivity index (χ3n) is 2.70. The Kier molecular flexibility index (Phi) is 4.50. The van der Waals surface area contributed by atoms with E-state index in [4.69, 9.17) is 9.52 Å². The molecule has 1 aromatic carbocycles. The van der Waals surface area contributed by atoms with E-state index in [-0.39, 0.29) is 6.61 Å². The van der Waals surface area contributed by atoms with Gasteiger partial charge in [-0.15, -0.1) is 0 Å². The van der Waals surface area contributed by atoms with Gasteiger partial charge in [-0.3, -0.25) is 0 Å². The predicted molar refractivity (Wildman–Crippen MR) is 70.0 cm³/mol. The molecule has 0 saturated carbocycles. The van der Waals surface area contributed by atoms with Gasteiger partial charge in [0.05, 0.1) is 5.69 Å². The van der Waals surface area contributed by atoms with Gasteiger partial charge in [0.15, 0.2) is 0 Å². The summed E-state index contributed by atoms with van der Waals surface area (Å²) in [5.74, 6) is 0.654. The molecular weight excluding hydrogens is 228 g/mol. The fourth-order valence-electron chi connectivity index (χ4n) is 1.79. The second kappa shape index (κ2) is 6.33. The van der Waals surface area contributed by atoms with Crippen molar-refractivity contribution >= 4 is 0 Å². The number of aromatic nitrogens is 1. The van der Waals surface area contributed by atoms with Gasteiger partial charge >= 0.3 is 0 Å². The van der Waals surface area contributed by atoms with Crippen molar-refractivity contribution in [2.45, 2.75) is 13.0 Å². The molecule has 0 radical (unpaired) electrons. The Balaban J connectivity index is 1.98. The smallest absolute Gasteiger partial charge is 0.226 e. The van der Waals surface area contributed by atoms with Crippen LogP contribution in [0.1, 0.15) is 12.1 Å². The second-order valence-electron chi connectivity index (χ2n) is 4.32. The summed E-state index contributed by atoms with van der Waals surface area (Å²) in [6, 6.07) is 9.85. The maximum Gasteiger partial charge on any atom is 0.226 e. The highest BCUT2D eigenvalue weighted by Gasteiger charge is 2.08. The van der Waals surface area contributed by atoms with Gasteiger partial charge in [-0.05, 0) is 25.6 Å². The van der Waals surface area contributed by atoms with Crippen LogP contribution >= 0.6 is 0 Å². The number of hydrogen-bond acceptors (Lipinski definition) is 4. The number of nitrogens with zero attached hydrogens (tertiary/aromatic N) is 2. The van der Waals surface area contributed by atoms with Crippen molar-refractivity contribution in [1.29, 1.82) is 0 Å². The Morgan fingerprint density at radius 1 is 1.28 bits per heavy atom. The lowest BCUT2D eigenvalue weighted by Gasteiger charge is -2.13. The zero-order chi connectivity index (χ0) is 12.8. The van der Waals surface area contributed by atoms with Crippen LogP contribution in [0, 0.1) is 0 Å². The molecule has 2 aromatic rings. The molecule has 4 heteroatoms. The molecule has 0 saturated heterocycles. The van der Waals surface area contributed by atoms with Crippen LogP contribution in [0.3, 0.4) is 0 Å². The molecule has 1 N–H and O–H groups in total. The molecule has 0 unspecified atom stereocenters. The summed E-state index contributed by atoms with van der Waals surface area (Å²) >= 11 is 0. The van der Waals surface area contributed by atoms with Crippen LogP contribution in [-0.2, 0) is 6.54 Å². The lowest BCUT2D eigenvalue weighted by molar-refractivity contribution is 0.243. The average Bonchev–Trinajstić information content (AvgIpc) is 2.86. The standard InChI is InChI=1S/C14H18N2O2/c1-16(8-5-9-17)10-13-11-18-14(15-13)12-6-3-2-4-7-12/h2-4,6-7,11,17H,5,8-10H2,1H3. The number of rotatable bonds is 6. The van der Waals surface area contributed by atoms with Gasteiger partial charge in [0, 0.05) is 25.3 Å². The zero-order valence-corrected chi connectivity index (χ0v) is 10.5. The highest BCUT2D eigenvalue weighted by atomic mass is 16.3. The molecule has 1 heterocycles. The van der Waals surface area contributed by atoms with Crippen molar-refractivity contribution in [2.24, 2.45) is 0 Å². The number of aliphatic hydroxyl groups excluding tert-OH is 1. The normalized spacial score (nSPS) is 11.1. The van der Waals surface area contributed by atoms with Gasteiger partial charge in [0.1, 0.15) is 6.26 Å². The fraction of sp³-hybridized carbons (Fsp3) is 0.357. The number of benzene rings is 1. The Labute approximate surface area is 107 Å². The molecule has 0 bridgehead atoms. The summed E-state index contributed by atoms with van der Waals surface area (Å²) in [7, 11) is 2.01. The predicted octanol–water partition coefficient (Wildman–Crippen LogP) is 2.16. The van der Waals surface area contributed by atoms with Crippen molar-refractivity contribution in [3.05, 3.63) is 42.3 Å². The van der Waals surface area contributed by atoms with Crippen LogP contribution in [-0.4, -0.2) is 35.2 Å². The number of oxazole rings is 1. The molecule has 0 aliphatic heterocycles. The lowest BCUT2D eigenvalue weighted by atomic mass is 10.2. The minimum absolute atomic E-state index is 0.221. The molecule has 0 fully saturated rings. The van der Waals surface area contributed by atoms with E-state index in [1.54, 1.807) is 6.26 Å². The molecular formula is C14H18N2O2. The third-order valence-corrected chi connectivity index (χ3v) is 2.70. The van der Waals surface area contributed by atoms with Gasteiger partial charge in [-0.1, -0.05) is 18.2 Å². The molecule has 18 heavy (non-hydrogen) atoms. The van der Waals surface area contributed by atoms with Crippen molar-refractivity contribution in [3.8, 4) is 11.5 Å². The van der Waals surface area contributed by atoms with Crippen LogP contribution in [0.25, 0.3) is 11.5 Å². The molecule has 1 aromatic heterocycles. The highest BCUT2D eigenvalue weighted by Crippen LogP contribution is 2.18. The topological polar surface area (TPSA) is 49.5 Å². The molecule has 96 valence electrons. The van der Waals surface area contributed by atoms with Gasteiger partial charge in [-0.25, -0.2) is 4.98 Å². The largest absolute Gasteiger partial charge is 0.444 e. The monoisotopic (exact) mass is 246 g/mol. The maximum atomic E-state index is 8.77. The van der Waals surface area contributed by atoms with Crippen molar-refractivity contribution in [3.63, 3.8) is 0 Å². The van der Waals surface area contributed by atoms with Gasteiger partial charge < -0.3 is 14.4 Å². The van der Waals surface area contributed by atoms with Crippen molar-refractivity contribution in [1.82, 2.24) is 9.88 Å². The maximum absolute atomic E-state index is 8.77. The average molecular weight is 246 g/mol. The summed E-state index contributed by atoms with van der Waals surface area (Å²) in [4.78, 5) is 6.57. The van der Waals surface area contributed by atoms with Gasteiger partial charge in [0.25, 0.3) is 0 Å². The van der Waals surface area contributed by atoms with E-state index in [1.165, 1.54) is 0 Å². The Hall–Kier alpha value is -1.65. The molecule has 2 rings (SSSR count). The Morgan fingerprint density at radius 2 is 2.06 bits per heavy atom. The summed E-state index contributed by atoms with van der Waals surface area (Å²) in [5.41, 5.74) is 1.90. The molecule has 0 spiro atoms. The van der Waals surface area contributed by atoms with Crippen molar-refractivity contribution < 1.29 is 9.52 Å². The van der Waals surface area contributed by atoms with Crippen LogP contribution < -0.4 is 0 Å². The van der Waals surface area contributed by atoms with Crippen molar-refractivity contribution in [2.75, 3.05) is 20.2 Å². The van der Waals surface area contributed by atoms with Crippen LogP contribution in [0.4, 0.5) is 0 Å². The molecule has 0 aliphatic carbocycles. The quantitative estimate of drug-likeness (QED) is 0.848. The molecule has 0 aliphatic rings. The van der Waals surface area contributed by atoms with E-state index in [1.807, 2.05) is 37.4 Å². The van der Waals surface area contributed by atoms with Gasteiger partial charge in [-0.2, -0.15) is 0 Å². The summed E-state index contributed by atoms with van der Waals surface area (Å²) < 4.78 is 5.47. The van der Waals surface area contributed by atoms with E-state index in [9.17, 15) is 0 Å². The first-order chi connectivity index (χ1) is 8.79. The molecule has 0 amide bonds. The Morgan fingerprint density at radius 3 is 2.78 bits per heavy atom. The second-order valence-corrected chi connectivity index (χ2v) is 4.32. The SMILES string of the molecule is CN(CCCO)Cc1coc(-c2ccccc2)n1. The van der Waals surface area contributed by atoms with E-state index in [2.05, 4.69) is 9.88 Å². The minimum atomic E-state index is 0.221. The van der Waals surface area contributed by atoms with Crippen LogP contribution in [0.15, 0.2) is 41.0 Å². The first-order valence-corrected chi connectivity index (χ1v) is 6.09. The number of aliphatic hydroxyl groups is 1. The van der Waals surface area contributed by atoms with E-state index >= 15 is 0 Å². The fourth-order valence-corrected chi connectivity index (χ4v) is 1.79. The summed E-state index contributed by atoms with van der Waals surface area (Å²) in [6.45, 7) is 1.80. The first-order valence-electron chi connectivity index (χ1n) is 6.09. The molecule has 4 nitrogen and oxygen atoms in total. The highest BCUT2D eigenvalue weighted by molar-refractivity contribution is 5.52. The van der Waals surface area contributed by atoms with E-state index in [0.717, 1.165) is 30.8 Å². The van der Waals surface area contributed by atoms with Crippen LogP contribution in [0.5, 0.6) is 0 Å². The summed E-state index contributed by atoms with van der Waals surface area (Å²) in [6.07, 6.45) is 2.47. The Bertz CT molecular complexity index is 468. The zero-order valence-electron chi connectivity index (χ0n) is 10.5. The third kappa shape index (κ3) is 3.42. The summed E-state index contributed by atoms with van der Waals surface area (Å²) in [5, 5.41) is 8.77. The minimum Gasteiger partial charge on any atom is -0.444 e. The van der Waals surface area contributed by atoms with E-state index < -0.39 is 0 Å². The molecule has 0 atom stereocenters. The lowest BCUT2D eigenvalue weighted by Crippen LogP contribution is -2.20. The number of hydrogen-bond donors (Lipinski definition) is 1. The first kappa shape index (κ1) is 12.8. The van der Waals surface area contributed by atoms with Crippen LogP contribution in [0.2, 0.25) is 0 Å². The van der Waals surface area contributed by atoms with E-state index in [0.29, 0.717) is 5.89 Å². The van der Waals surface area contributed by atoms with Gasteiger partial charge in [0.2, 0.25) is 5.89 Å².